The molecule has 0 saturated heterocycles. The Morgan fingerprint density at radius 2 is 1.79 bits per heavy atom. The van der Waals surface area contributed by atoms with Crippen LogP contribution in [-0.2, 0) is 0 Å². The van der Waals surface area contributed by atoms with Crippen LogP contribution >= 0.6 is 11.6 Å². The molecule has 3 aromatic heterocycles. The monoisotopic (exact) mass is 484 g/mol. The molecule has 0 radical (unpaired) electrons. The largest absolute Gasteiger partial charge is 0.573 e. The van der Waals surface area contributed by atoms with Crippen LogP contribution in [-0.4, -0.2) is 30.9 Å². The molecule has 170 valence electrons. The van der Waals surface area contributed by atoms with E-state index in [2.05, 4.69) is 30.1 Å². The first-order valence-corrected chi connectivity index (χ1v) is 10.1. The van der Waals surface area contributed by atoms with Crippen LogP contribution in [0, 0.1) is 0 Å². The van der Waals surface area contributed by atoms with Crippen LogP contribution in [0.15, 0.2) is 71.7 Å². The quantitative estimate of drug-likeness (QED) is 0.384. The molecule has 0 amide bonds. The fraction of sp³-hybridized carbons (Fsp3) is 0.0455. The molecule has 34 heavy (non-hydrogen) atoms. The molecule has 5 rings (SSSR count). The van der Waals surface area contributed by atoms with E-state index in [4.69, 9.17) is 11.6 Å². The van der Waals surface area contributed by atoms with Crippen LogP contribution in [0.25, 0.3) is 27.9 Å². The Bertz CT molecular complexity index is 1610. The van der Waals surface area contributed by atoms with Crippen molar-refractivity contribution < 1.29 is 17.9 Å². The minimum atomic E-state index is -4.94. The zero-order valence-electron chi connectivity index (χ0n) is 16.9. The van der Waals surface area contributed by atoms with Gasteiger partial charge in [0.1, 0.15) is 11.4 Å². The minimum absolute atomic E-state index is 0.0299. The van der Waals surface area contributed by atoms with Gasteiger partial charge in [0.25, 0.3) is 5.56 Å². The molecule has 0 bridgehead atoms. The lowest BCUT2D eigenvalue weighted by molar-refractivity contribution is -0.274. The Hall–Kier alpha value is -4.25. The van der Waals surface area contributed by atoms with Gasteiger partial charge in [-0.2, -0.15) is 4.52 Å². The number of hydrogen-bond donors (Lipinski definition) is 1. The van der Waals surface area contributed by atoms with E-state index < -0.39 is 17.7 Å². The fourth-order valence-electron chi connectivity index (χ4n) is 3.31. The van der Waals surface area contributed by atoms with Gasteiger partial charge in [-0.05, 0) is 42.5 Å². The summed E-state index contributed by atoms with van der Waals surface area (Å²) < 4.78 is 44.4. The molecule has 5 aromatic rings. The molecule has 1 N–H and O–H groups in total. The molecule has 8 nitrogen and oxygen atoms in total. The van der Waals surface area contributed by atoms with Crippen LogP contribution in [0.4, 0.5) is 24.8 Å². The summed E-state index contributed by atoms with van der Waals surface area (Å²) in [5, 5.41) is 7.90. The molecule has 0 unspecified atom stereocenters. The van der Waals surface area contributed by atoms with Crippen LogP contribution in [0.5, 0.6) is 5.75 Å². The highest BCUT2D eigenvalue weighted by Gasteiger charge is 2.33. The predicted molar refractivity (Wildman–Crippen MR) is 119 cm³/mol. The van der Waals surface area contributed by atoms with Crippen LogP contribution < -0.4 is 15.6 Å². The first-order chi connectivity index (χ1) is 16.3. The lowest BCUT2D eigenvalue weighted by Crippen LogP contribution is -2.17. The van der Waals surface area contributed by atoms with E-state index in [9.17, 15) is 18.0 Å². The molecular formula is C22H12ClF3N6O2. The number of aromatic nitrogens is 5. The number of nitrogens with one attached hydrogen (secondary N) is 1. The third kappa shape index (κ3) is 4.20. The summed E-state index contributed by atoms with van der Waals surface area (Å²) in [7, 11) is 0. The molecular weight excluding hydrogens is 473 g/mol. The number of rotatable bonds is 4. The Morgan fingerprint density at radius 1 is 1.00 bits per heavy atom. The normalized spacial score (nSPS) is 11.6. The minimum Gasteiger partial charge on any atom is -0.405 e. The third-order valence-corrected chi connectivity index (χ3v) is 4.95. The zero-order valence-corrected chi connectivity index (χ0v) is 17.7. The molecule has 0 aliphatic carbocycles. The van der Waals surface area contributed by atoms with Crippen molar-refractivity contribution in [1.82, 2.24) is 24.6 Å². The van der Waals surface area contributed by atoms with E-state index >= 15 is 0 Å². The van der Waals surface area contributed by atoms with Gasteiger partial charge in [-0.15, -0.1) is 18.3 Å². The smallest absolute Gasteiger partial charge is 0.405 e. The second kappa shape index (κ2) is 8.27. The molecule has 0 saturated carbocycles. The summed E-state index contributed by atoms with van der Waals surface area (Å²) in [5.74, 6) is -0.496. The van der Waals surface area contributed by atoms with Crippen LogP contribution in [0.3, 0.4) is 0 Å². The van der Waals surface area contributed by atoms with Gasteiger partial charge in [0.2, 0.25) is 5.95 Å². The molecule has 12 heteroatoms. The fourth-order valence-corrected chi connectivity index (χ4v) is 3.47. The lowest BCUT2D eigenvalue weighted by Gasteiger charge is -2.11. The Labute approximate surface area is 193 Å². The molecule has 0 fully saturated rings. The summed E-state index contributed by atoms with van der Waals surface area (Å²) >= 11 is 5.88. The maximum Gasteiger partial charge on any atom is 0.573 e. The molecule has 0 aliphatic heterocycles. The van der Waals surface area contributed by atoms with Crippen molar-refractivity contribution in [3.8, 4) is 17.1 Å². The molecule has 0 spiro atoms. The first-order valence-electron chi connectivity index (χ1n) is 9.72. The van der Waals surface area contributed by atoms with Crippen LogP contribution in [0.2, 0.25) is 5.02 Å². The van der Waals surface area contributed by atoms with Crippen molar-refractivity contribution in [2.24, 2.45) is 0 Å². The maximum absolute atomic E-state index is 13.0. The van der Waals surface area contributed by atoms with Crippen molar-refractivity contribution in [2.45, 2.75) is 6.36 Å². The Morgan fingerprint density at radius 3 is 2.62 bits per heavy atom. The summed E-state index contributed by atoms with van der Waals surface area (Å²) in [6.07, 6.45) is -3.59. The number of halogens is 4. The van der Waals surface area contributed by atoms with E-state index in [1.165, 1.54) is 28.9 Å². The number of anilines is 2. The molecule has 2 aromatic carbocycles. The summed E-state index contributed by atoms with van der Waals surface area (Å²) in [5.41, 5.74) is 0.389. The predicted octanol–water partition coefficient (Wildman–Crippen LogP) is 5.00. The number of fused-ring (bicyclic) bond motifs is 3. The number of alkyl halides is 3. The summed E-state index contributed by atoms with van der Waals surface area (Å²) in [6.45, 7) is 0. The molecule has 0 atom stereocenters. The number of benzene rings is 2. The first kappa shape index (κ1) is 21.6. The van der Waals surface area contributed by atoms with E-state index in [1.54, 1.807) is 36.4 Å². The zero-order chi connectivity index (χ0) is 23.9. The van der Waals surface area contributed by atoms with Crippen molar-refractivity contribution >= 4 is 39.8 Å². The van der Waals surface area contributed by atoms with Gasteiger partial charge in [0, 0.05) is 16.6 Å². The number of para-hydroxylation sites is 1. The highest BCUT2D eigenvalue weighted by atomic mass is 35.5. The summed E-state index contributed by atoms with van der Waals surface area (Å²) in [6, 6.07) is 15.5. The average molecular weight is 485 g/mol. The van der Waals surface area contributed by atoms with Crippen molar-refractivity contribution in [2.75, 3.05) is 5.32 Å². The van der Waals surface area contributed by atoms with Gasteiger partial charge >= 0.3 is 6.36 Å². The van der Waals surface area contributed by atoms with E-state index in [1.807, 2.05) is 0 Å². The Balaban J connectivity index is 1.73. The van der Waals surface area contributed by atoms with Gasteiger partial charge in [0.05, 0.1) is 11.1 Å². The second-order valence-corrected chi connectivity index (χ2v) is 7.42. The number of ether oxygens (including phenoxy) is 1. The Kier molecular flexibility index (Phi) is 5.25. The van der Waals surface area contributed by atoms with Gasteiger partial charge in [-0.25, -0.2) is 15.0 Å². The van der Waals surface area contributed by atoms with Crippen molar-refractivity contribution in [3.63, 3.8) is 0 Å². The van der Waals surface area contributed by atoms with E-state index in [0.29, 0.717) is 16.6 Å². The van der Waals surface area contributed by atoms with Gasteiger partial charge in [-0.1, -0.05) is 29.8 Å². The maximum atomic E-state index is 13.0. The van der Waals surface area contributed by atoms with Gasteiger partial charge in [-0.3, -0.25) is 4.79 Å². The lowest BCUT2D eigenvalue weighted by atomic mass is 10.2. The van der Waals surface area contributed by atoms with Crippen molar-refractivity contribution in [1.29, 1.82) is 0 Å². The molecule has 0 aliphatic rings. The SMILES string of the molecule is O=c1nccccc1Nc1nc2ccccc2c2nc(-c3ccc(Cl)cc3OC(F)(F)F)nn12. The van der Waals surface area contributed by atoms with Gasteiger partial charge in [0.15, 0.2) is 11.5 Å². The summed E-state index contributed by atoms with van der Waals surface area (Å²) in [4.78, 5) is 25.0. The highest BCUT2D eigenvalue weighted by molar-refractivity contribution is 6.30. The van der Waals surface area contributed by atoms with Crippen molar-refractivity contribution in [3.05, 3.63) is 82.2 Å². The van der Waals surface area contributed by atoms with E-state index in [0.717, 1.165) is 6.07 Å². The number of hydrogen-bond acceptors (Lipinski definition) is 7. The highest BCUT2D eigenvalue weighted by Crippen LogP contribution is 2.35. The average Bonchev–Trinajstić information content (AvgIpc) is 3.12. The van der Waals surface area contributed by atoms with Gasteiger partial charge < -0.3 is 10.1 Å². The van der Waals surface area contributed by atoms with Crippen LogP contribution in [0.1, 0.15) is 0 Å². The van der Waals surface area contributed by atoms with E-state index in [-0.39, 0.29) is 28.0 Å². The third-order valence-electron chi connectivity index (χ3n) is 4.72. The second-order valence-electron chi connectivity index (χ2n) is 6.99. The number of nitrogens with zero attached hydrogens (tertiary/aromatic N) is 5. The topological polar surface area (TPSA) is 94.3 Å². The standard InChI is InChI=1S/C22H12ClF3N6O2/c23-12-8-9-14(17(11-12)34-22(24,25)26)18-30-19-13-5-1-2-6-15(13)28-21(32(19)31-18)29-16-7-3-4-10-27-20(16)33/h1-11H,(H,27,28,29,33). The molecule has 3 heterocycles.